The van der Waals surface area contributed by atoms with Gasteiger partial charge in [-0.25, -0.2) is 0 Å². The van der Waals surface area contributed by atoms with Gasteiger partial charge >= 0.3 is 0 Å². The topological polar surface area (TPSA) is 12.0 Å². The van der Waals surface area contributed by atoms with E-state index in [0.29, 0.717) is 0 Å². The minimum Gasteiger partial charge on any atom is -0.306 e. The molecule has 0 aromatic heterocycles. The number of benzene rings is 3. The van der Waals surface area contributed by atoms with Crippen LogP contribution in [0.25, 0.3) is 10.8 Å². The molecule has 1 unspecified atom stereocenters. The Bertz CT molecular complexity index is 746. The highest BCUT2D eigenvalue weighted by Crippen LogP contribution is 2.24. The summed E-state index contributed by atoms with van der Waals surface area (Å²) in [6.45, 7) is 2.96. The number of rotatable bonds is 4. The van der Waals surface area contributed by atoms with Crippen LogP contribution < -0.4 is 5.32 Å². The van der Waals surface area contributed by atoms with Gasteiger partial charge in [-0.3, -0.25) is 0 Å². The highest BCUT2D eigenvalue weighted by Gasteiger charge is 2.09. The van der Waals surface area contributed by atoms with Crippen molar-refractivity contribution in [2.75, 3.05) is 0 Å². The average molecular weight is 296 g/mol. The molecule has 0 radical (unpaired) electrons. The van der Waals surface area contributed by atoms with Crippen LogP contribution in [0.5, 0.6) is 0 Å². The number of nitrogens with one attached hydrogen (secondary N) is 1. The fraction of sp³-hybridized carbons (Fsp3) is 0.158. The third-order valence-electron chi connectivity index (χ3n) is 3.85. The van der Waals surface area contributed by atoms with Gasteiger partial charge in [0.2, 0.25) is 0 Å². The van der Waals surface area contributed by atoms with Crippen molar-refractivity contribution in [2.24, 2.45) is 0 Å². The molecule has 0 aliphatic carbocycles. The van der Waals surface area contributed by atoms with Gasteiger partial charge in [-0.2, -0.15) is 0 Å². The molecule has 0 amide bonds. The lowest BCUT2D eigenvalue weighted by atomic mass is 9.99. The Morgan fingerprint density at radius 2 is 1.62 bits per heavy atom. The van der Waals surface area contributed by atoms with Gasteiger partial charge in [-0.15, -0.1) is 0 Å². The molecule has 0 fully saturated rings. The van der Waals surface area contributed by atoms with Gasteiger partial charge in [0.25, 0.3) is 0 Å². The lowest BCUT2D eigenvalue weighted by molar-refractivity contribution is 0.578. The standard InChI is InChI=1S/C19H18ClN/c1-14(21-13-16-8-3-5-12-19(16)20)17-11-6-9-15-7-2-4-10-18(15)17/h2-12,14,21H,13H2,1H3. The first-order valence-electron chi connectivity index (χ1n) is 7.20. The van der Waals surface area contributed by atoms with Crippen molar-refractivity contribution < 1.29 is 0 Å². The van der Waals surface area contributed by atoms with E-state index in [1.54, 1.807) is 0 Å². The maximum absolute atomic E-state index is 6.21. The fourth-order valence-electron chi connectivity index (χ4n) is 2.64. The second kappa shape index (κ2) is 6.30. The number of halogens is 1. The van der Waals surface area contributed by atoms with Crippen LogP contribution in [0.4, 0.5) is 0 Å². The molecule has 0 saturated heterocycles. The molecule has 0 aliphatic rings. The lowest BCUT2D eigenvalue weighted by Gasteiger charge is -2.17. The number of hydrogen-bond acceptors (Lipinski definition) is 1. The Hall–Kier alpha value is -1.83. The monoisotopic (exact) mass is 295 g/mol. The number of hydrogen-bond donors (Lipinski definition) is 1. The van der Waals surface area contributed by atoms with Crippen molar-refractivity contribution in [3.8, 4) is 0 Å². The minimum atomic E-state index is 0.271. The van der Waals surface area contributed by atoms with Crippen LogP contribution in [0.2, 0.25) is 5.02 Å². The average Bonchev–Trinajstić information content (AvgIpc) is 2.53. The Morgan fingerprint density at radius 1 is 0.905 bits per heavy atom. The summed E-state index contributed by atoms with van der Waals surface area (Å²) >= 11 is 6.21. The van der Waals surface area contributed by atoms with Gasteiger partial charge in [0.15, 0.2) is 0 Å². The summed E-state index contributed by atoms with van der Waals surface area (Å²) in [5.41, 5.74) is 2.45. The molecule has 1 N–H and O–H groups in total. The van der Waals surface area contributed by atoms with E-state index in [9.17, 15) is 0 Å². The smallest absolute Gasteiger partial charge is 0.0450 e. The summed E-state index contributed by atoms with van der Waals surface area (Å²) < 4.78 is 0. The van der Waals surface area contributed by atoms with Crippen LogP contribution in [-0.2, 0) is 6.54 Å². The van der Waals surface area contributed by atoms with Crippen molar-refractivity contribution in [2.45, 2.75) is 19.5 Å². The lowest BCUT2D eigenvalue weighted by Crippen LogP contribution is -2.18. The quantitative estimate of drug-likeness (QED) is 0.684. The van der Waals surface area contributed by atoms with Crippen LogP contribution in [0.15, 0.2) is 66.7 Å². The summed E-state index contributed by atoms with van der Waals surface area (Å²) in [6, 6.07) is 23.2. The number of fused-ring (bicyclic) bond motifs is 1. The Kier molecular flexibility index (Phi) is 4.23. The van der Waals surface area contributed by atoms with E-state index in [2.05, 4.69) is 60.8 Å². The molecule has 1 atom stereocenters. The third-order valence-corrected chi connectivity index (χ3v) is 4.22. The molecule has 2 heteroatoms. The second-order valence-corrected chi connectivity index (χ2v) is 5.67. The Balaban J connectivity index is 1.81. The van der Waals surface area contributed by atoms with Gasteiger partial charge in [0, 0.05) is 17.6 Å². The molecule has 106 valence electrons. The fourth-order valence-corrected chi connectivity index (χ4v) is 2.85. The molecule has 0 saturated carbocycles. The minimum absolute atomic E-state index is 0.271. The predicted molar refractivity (Wildman–Crippen MR) is 90.7 cm³/mol. The summed E-state index contributed by atoms with van der Waals surface area (Å²) in [5.74, 6) is 0. The first kappa shape index (κ1) is 14.1. The maximum Gasteiger partial charge on any atom is 0.0450 e. The van der Waals surface area contributed by atoms with Crippen molar-refractivity contribution in [3.05, 3.63) is 82.9 Å². The maximum atomic E-state index is 6.21. The first-order chi connectivity index (χ1) is 10.3. The van der Waals surface area contributed by atoms with Gasteiger partial charge in [-0.1, -0.05) is 72.3 Å². The zero-order chi connectivity index (χ0) is 14.7. The molecule has 0 heterocycles. The molecule has 3 aromatic carbocycles. The molecule has 0 spiro atoms. The van der Waals surface area contributed by atoms with Crippen LogP contribution in [0.1, 0.15) is 24.1 Å². The van der Waals surface area contributed by atoms with Crippen molar-refractivity contribution >= 4 is 22.4 Å². The van der Waals surface area contributed by atoms with Crippen LogP contribution in [-0.4, -0.2) is 0 Å². The van der Waals surface area contributed by atoms with Crippen molar-refractivity contribution in [3.63, 3.8) is 0 Å². The van der Waals surface area contributed by atoms with Crippen molar-refractivity contribution in [1.82, 2.24) is 5.32 Å². The van der Waals surface area contributed by atoms with E-state index in [1.807, 2.05) is 18.2 Å². The van der Waals surface area contributed by atoms with E-state index in [0.717, 1.165) is 17.1 Å². The summed E-state index contributed by atoms with van der Waals surface area (Å²) in [6.07, 6.45) is 0. The largest absolute Gasteiger partial charge is 0.306 e. The summed E-state index contributed by atoms with van der Waals surface area (Å²) in [7, 11) is 0. The zero-order valence-electron chi connectivity index (χ0n) is 12.0. The first-order valence-corrected chi connectivity index (χ1v) is 7.58. The van der Waals surface area contributed by atoms with E-state index in [-0.39, 0.29) is 6.04 Å². The molecular formula is C19H18ClN. The predicted octanol–water partition coefficient (Wildman–Crippen LogP) is 5.34. The van der Waals surface area contributed by atoms with Gasteiger partial charge in [-0.05, 0) is 34.9 Å². The Labute approximate surface area is 130 Å². The van der Waals surface area contributed by atoms with E-state index >= 15 is 0 Å². The molecule has 21 heavy (non-hydrogen) atoms. The van der Waals surface area contributed by atoms with Crippen LogP contribution in [0, 0.1) is 0 Å². The highest BCUT2D eigenvalue weighted by molar-refractivity contribution is 6.31. The molecule has 3 aromatic rings. The highest BCUT2D eigenvalue weighted by atomic mass is 35.5. The van der Waals surface area contributed by atoms with Gasteiger partial charge in [0.1, 0.15) is 0 Å². The van der Waals surface area contributed by atoms with E-state index in [4.69, 9.17) is 11.6 Å². The SMILES string of the molecule is CC(NCc1ccccc1Cl)c1cccc2ccccc12. The molecule has 1 nitrogen and oxygen atoms in total. The van der Waals surface area contributed by atoms with Crippen LogP contribution in [0.3, 0.4) is 0 Å². The third kappa shape index (κ3) is 3.10. The molecule has 3 rings (SSSR count). The molecular weight excluding hydrogens is 278 g/mol. The van der Waals surface area contributed by atoms with E-state index in [1.165, 1.54) is 16.3 Å². The zero-order valence-corrected chi connectivity index (χ0v) is 12.8. The van der Waals surface area contributed by atoms with Crippen molar-refractivity contribution in [1.29, 1.82) is 0 Å². The molecule has 0 aliphatic heterocycles. The van der Waals surface area contributed by atoms with E-state index < -0.39 is 0 Å². The normalized spacial score (nSPS) is 12.5. The summed E-state index contributed by atoms with van der Waals surface area (Å²) in [4.78, 5) is 0. The summed E-state index contributed by atoms with van der Waals surface area (Å²) in [5, 5.41) is 6.96. The van der Waals surface area contributed by atoms with Crippen LogP contribution >= 0.6 is 11.6 Å². The van der Waals surface area contributed by atoms with Gasteiger partial charge in [0.05, 0.1) is 0 Å². The van der Waals surface area contributed by atoms with Gasteiger partial charge < -0.3 is 5.32 Å². The molecule has 0 bridgehead atoms. The Morgan fingerprint density at radius 3 is 2.48 bits per heavy atom. The second-order valence-electron chi connectivity index (χ2n) is 5.26.